The Morgan fingerprint density at radius 1 is 1.23 bits per heavy atom. The number of likely N-dealkylation sites (tertiary alicyclic amines) is 1. The van der Waals surface area contributed by atoms with E-state index in [1.54, 1.807) is 6.20 Å². The Kier molecular flexibility index (Phi) is 6.57. The summed E-state index contributed by atoms with van der Waals surface area (Å²) >= 11 is 1.97. The van der Waals surface area contributed by atoms with Gasteiger partial charge in [0.1, 0.15) is 11.6 Å². The molecule has 3 rings (SSSR count). The second kappa shape index (κ2) is 8.89. The van der Waals surface area contributed by atoms with Crippen LogP contribution in [0.4, 0.5) is 5.82 Å². The Bertz CT molecular complexity index is 626. The molecule has 0 N–H and O–H groups in total. The number of hydrogen-bond acceptors (Lipinski definition) is 5. The molecule has 1 aromatic rings. The Balaban J connectivity index is 1.62. The zero-order valence-corrected chi connectivity index (χ0v) is 16.6. The SMILES string of the molecule is CC(C)CC(=O)C1CCCN(C(=O)c2ccc(N3CCSCC3)nc2)C1. The minimum atomic E-state index is -0.00631. The van der Waals surface area contributed by atoms with E-state index in [2.05, 4.69) is 23.7 Å². The first-order valence-electron chi connectivity index (χ1n) is 9.65. The molecule has 1 atom stereocenters. The minimum absolute atomic E-state index is 0.000275. The second-order valence-electron chi connectivity index (χ2n) is 7.66. The molecule has 0 bridgehead atoms. The average molecular weight is 376 g/mol. The molecular formula is C20H29N3O2S. The van der Waals surface area contributed by atoms with E-state index in [-0.39, 0.29) is 11.8 Å². The van der Waals surface area contributed by atoms with Gasteiger partial charge in [0.05, 0.1) is 5.56 Å². The number of thioether (sulfide) groups is 1. The standard InChI is InChI=1S/C20H29N3O2S/c1-15(2)12-18(24)17-4-3-7-23(14-17)20(25)16-5-6-19(21-13-16)22-8-10-26-11-9-22/h5-6,13,15,17H,3-4,7-12,14H2,1-2H3. The van der Waals surface area contributed by atoms with Gasteiger partial charge in [-0.3, -0.25) is 9.59 Å². The molecule has 2 aliphatic heterocycles. The lowest BCUT2D eigenvalue weighted by Gasteiger charge is -2.32. The molecule has 2 saturated heterocycles. The van der Waals surface area contributed by atoms with E-state index in [0.717, 1.165) is 49.8 Å². The molecule has 0 saturated carbocycles. The summed E-state index contributed by atoms with van der Waals surface area (Å²) in [7, 11) is 0. The maximum absolute atomic E-state index is 12.8. The molecule has 142 valence electrons. The highest BCUT2D eigenvalue weighted by Gasteiger charge is 2.29. The van der Waals surface area contributed by atoms with Crippen molar-refractivity contribution in [3.8, 4) is 0 Å². The molecule has 1 aromatic heterocycles. The van der Waals surface area contributed by atoms with Crippen molar-refractivity contribution < 1.29 is 9.59 Å². The van der Waals surface area contributed by atoms with E-state index in [1.165, 1.54) is 0 Å². The predicted molar refractivity (Wildman–Crippen MR) is 107 cm³/mol. The molecule has 1 unspecified atom stereocenters. The number of hydrogen-bond donors (Lipinski definition) is 0. The molecule has 5 nitrogen and oxygen atoms in total. The van der Waals surface area contributed by atoms with Crippen molar-refractivity contribution in [1.82, 2.24) is 9.88 Å². The molecule has 0 radical (unpaired) electrons. The monoisotopic (exact) mass is 375 g/mol. The van der Waals surface area contributed by atoms with Gasteiger partial charge < -0.3 is 9.80 Å². The van der Waals surface area contributed by atoms with Crippen molar-refractivity contribution in [1.29, 1.82) is 0 Å². The van der Waals surface area contributed by atoms with Crippen LogP contribution in [0.3, 0.4) is 0 Å². The van der Waals surface area contributed by atoms with E-state index >= 15 is 0 Å². The van der Waals surface area contributed by atoms with Crippen molar-refractivity contribution in [2.45, 2.75) is 33.1 Å². The van der Waals surface area contributed by atoms with Crippen LogP contribution in [0.15, 0.2) is 18.3 Å². The summed E-state index contributed by atoms with van der Waals surface area (Å²) in [6, 6.07) is 3.83. The first-order valence-corrected chi connectivity index (χ1v) is 10.8. The van der Waals surface area contributed by atoms with Crippen LogP contribution in [0.2, 0.25) is 0 Å². The smallest absolute Gasteiger partial charge is 0.255 e. The van der Waals surface area contributed by atoms with Gasteiger partial charge in [-0.05, 0) is 30.9 Å². The number of pyridine rings is 1. The highest BCUT2D eigenvalue weighted by atomic mass is 32.2. The predicted octanol–water partition coefficient (Wildman–Crippen LogP) is 3.10. The molecule has 0 aromatic carbocycles. The summed E-state index contributed by atoms with van der Waals surface area (Å²) < 4.78 is 0. The number of anilines is 1. The van der Waals surface area contributed by atoms with E-state index in [9.17, 15) is 9.59 Å². The fourth-order valence-corrected chi connectivity index (χ4v) is 4.57. The fraction of sp³-hybridized carbons (Fsp3) is 0.650. The molecule has 0 spiro atoms. The van der Waals surface area contributed by atoms with Crippen LogP contribution in [0.1, 0.15) is 43.5 Å². The lowest BCUT2D eigenvalue weighted by atomic mass is 9.89. The molecule has 0 aliphatic carbocycles. The number of rotatable bonds is 5. The van der Waals surface area contributed by atoms with Crippen molar-refractivity contribution >= 4 is 29.3 Å². The first kappa shape index (κ1) is 19.2. The normalized spacial score (nSPS) is 21.1. The molecule has 26 heavy (non-hydrogen) atoms. The topological polar surface area (TPSA) is 53.5 Å². The third kappa shape index (κ3) is 4.78. The summed E-state index contributed by atoms with van der Waals surface area (Å²) in [5, 5.41) is 0. The first-order chi connectivity index (χ1) is 12.5. The van der Waals surface area contributed by atoms with Crippen LogP contribution in [0, 0.1) is 11.8 Å². The maximum atomic E-state index is 12.8. The third-order valence-corrected chi connectivity index (χ3v) is 6.05. The number of ketones is 1. The largest absolute Gasteiger partial charge is 0.355 e. The van der Waals surface area contributed by atoms with E-state index in [0.29, 0.717) is 30.2 Å². The van der Waals surface area contributed by atoms with Crippen molar-refractivity contribution in [3.63, 3.8) is 0 Å². The highest BCUT2D eigenvalue weighted by molar-refractivity contribution is 7.99. The van der Waals surface area contributed by atoms with E-state index in [4.69, 9.17) is 0 Å². The van der Waals surface area contributed by atoms with Crippen LogP contribution < -0.4 is 4.90 Å². The van der Waals surface area contributed by atoms with Gasteiger partial charge in [0.15, 0.2) is 0 Å². The summed E-state index contributed by atoms with van der Waals surface area (Å²) in [5.41, 5.74) is 0.622. The zero-order chi connectivity index (χ0) is 18.5. The quantitative estimate of drug-likeness (QED) is 0.791. The number of aromatic nitrogens is 1. The summed E-state index contributed by atoms with van der Waals surface area (Å²) in [5.74, 6) is 3.87. The Morgan fingerprint density at radius 3 is 2.65 bits per heavy atom. The number of piperidine rings is 1. The average Bonchev–Trinajstić information content (AvgIpc) is 2.68. The Morgan fingerprint density at radius 2 is 2.00 bits per heavy atom. The van der Waals surface area contributed by atoms with Gasteiger partial charge in [-0.25, -0.2) is 4.98 Å². The molecule has 3 heterocycles. The van der Waals surface area contributed by atoms with Gasteiger partial charge in [0, 0.05) is 56.2 Å². The fourth-order valence-electron chi connectivity index (χ4n) is 3.67. The number of nitrogens with zero attached hydrogens (tertiary/aromatic N) is 3. The van der Waals surface area contributed by atoms with Crippen molar-refractivity contribution in [3.05, 3.63) is 23.9 Å². The second-order valence-corrected chi connectivity index (χ2v) is 8.88. The van der Waals surface area contributed by atoms with Crippen LogP contribution in [-0.2, 0) is 4.79 Å². The Hall–Kier alpha value is -1.56. The van der Waals surface area contributed by atoms with E-state index < -0.39 is 0 Å². The summed E-state index contributed by atoms with van der Waals surface area (Å²) in [6.07, 6.45) is 4.10. The zero-order valence-electron chi connectivity index (χ0n) is 15.8. The highest BCUT2D eigenvalue weighted by Crippen LogP contribution is 2.23. The van der Waals surface area contributed by atoms with Crippen LogP contribution in [-0.4, -0.2) is 59.3 Å². The van der Waals surface area contributed by atoms with Gasteiger partial charge in [-0.1, -0.05) is 13.8 Å². The number of Topliss-reactive ketones (excluding diaryl/α,β-unsaturated/α-hetero) is 1. The minimum Gasteiger partial charge on any atom is -0.355 e. The molecule has 2 aliphatic rings. The van der Waals surface area contributed by atoms with Crippen LogP contribution >= 0.6 is 11.8 Å². The van der Waals surface area contributed by atoms with Gasteiger partial charge >= 0.3 is 0 Å². The molecule has 6 heteroatoms. The van der Waals surface area contributed by atoms with Crippen molar-refractivity contribution in [2.75, 3.05) is 42.6 Å². The van der Waals surface area contributed by atoms with Gasteiger partial charge in [-0.15, -0.1) is 0 Å². The van der Waals surface area contributed by atoms with Crippen molar-refractivity contribution in [2.24, 2.45) is 11.8 Å². The maximum Gasteiger partial charge on any atom is 0.255 e. The number of amides is 1. The number of carbonyl (C=O) groups is 2. The molecular weight excluding hydrogens is 346 g/mol. The van der Waals surface area contributed by atoms with Gasteiger partial charge in [0.25, 0.3) is 5.91 Å². The lowest BCUT2D eigenvalue weighted by molar-refractivity contribution is -0.124. The summed E-state index contributed by atoms with van der Waals surface area (Å²) in [4.78, 5) is 33.8. The summed E-state index contributed by atoms with van der Waals surface area (Å²) in [6.45, 7) is 7.44. The Labute approximate surface area is 160 Å². The lowest BCUT2D eigenvalue weighted by Crippen LogP contribution is -2.42. The molecule has 2 fully saturated rings. The van der Waals surface area contributed by atoms with E-state index in [1.807, 2.05) is 28.8 Å². The van der Waals surface area contributed by atoms with Crippen LogP contribution in [0.5, 0.6) is 0 Å². The molecule has 1 amide bonds. The third-order valence-electron chi connectivity index (χ3n) is 5.10. The van der Waals surface area contributed by atoms with Gasteiger partial charge in [0.2, 0.25) is 0 Å². The van der Waals surface area contributed by atoms with Crippen LogP contribution in [0.25, 0.3) is 0 Å². The number of carbonyl (C=O) groups excluding carboxylic acids is 2. The van der Waals surface area contributed by atoms with Gasteiger partial charge in [-0.2, -0.15) is 11.8 Å².